The van der Waals surface area contributed by atoms with Gasteiger partial charge in [0.1, 0.15) is 0 Å². The van der Waals surface area contributed by atoms with Crippen LogP contribution in [0.2, 0.25) is 0 Å². The first-order valence-corrected chi connectivity index (χ1v) is 6.84. The van der Waals surface area contributed by atoms with E-state index in [-0.39, 0.29) is 0 Å². The van der Waals surface area contributed by atoms with Gasteiger partial charge in [0.2, 0.25) is 0 Å². The molecule has 1 heterocycles. The van der Waals surface area contributed by atoms with Crippen molar-refractivity contribution < 1.29 is 0 Å². The van der Waals surface area contributed by atoms with Crippen LogP contribution in [0.4, 0.5) is 0 Å². The van der Waals surface area contributed by atoms with Crippen LogP contribution in [0.15, 0.2) is 18.3 Å². The third kappa shape index (κ3) is 2.30. The molecule has 1 aromatic carbocycles. The zero-order chi connectivity index (χ0) is 13.3. The van der Waals surface area contributed by atoms with Crippen LogP contribution < -0.4 is 5.73 Å². The van der Waals surface area contributed by atoms with Gasteiger partial charge in [-0.15, -0.1) is 0 Å². The van der Waals surface area contributed by atoms with Crippen LogP contribution >= 0.6 is 0 Å². The number of hydrogen-bond acceptors (Lipinski definition) is 1. The molecule has 98 valence electrons. The van der Waals surface area contributed by atoms with E-state index in [1.165, 1.54) is 27.6 Å². The highest BCUT2D eigenvalue weighted by Gasteiger charge is 2.13. The minimum atomic E-state index is 0.563. The Morgan fingerprint density at radius 3 is 2.56 bits per heavy atom. The first-order valence-electron chi connectivity index (χ1n) is 6.84. The summed E-state index contributed by atoms with van der Waals surface area (Å²) in [5.41, 5.74) is 11.2. The molecule has 0 aliphatic heterocycles. The predicted octanol–water partition coefficient (Wildman–Crippen LogP) is 3.73. The van der Waals surface area contributed by atoms with Crippen molar-refractivity contribution in [1.29, 1.82) is 0 Å². The zero-order valence-corrected chi connectivity index (χ0v) is 12.0. The lowest BCUT2D eigenvalue weighted by Gasteiger charge is -2.07. The minimum absolute atomic E-state index is 0.563. The number of hydrogen-bond donors (Lipinski definition) is 1. The fourth-order valence-electron chi connectivity index (χ4n) is 2.73. The largest absolute Gasteiger partial charge is 0.347 e. The Bertz CT molecular complexity index is 550. The maximum absolute atomic E-state index is 5.63. The van der Waals surface area contributed by atoms with Gasteiger partial charge in [0.05, 0.1) is 0 Å². The van der Waals surface area contributed by atoms with E-state index in [1.54, 1.807) is 0 Å². The van der Waals surface area contributed by atoms with Gasteiger partial charge in [-0.1, -0.05) is 19.9 Å². The van der Waals surface area contributed by atoms with Crippen molar-refractivity contribution in [2.24, 2.45) is 5.73 Å². The number of nitrogens with zero attached hydrogens (tertiary/aromatic N) is 1. The lowest BCUT2D eigenvalue weighted by molar-refractivity contribution is 0.666. The summed E-state index contributed by atoms with van der Waals surface area (Å²) < 4.78 is 2.37. The molecule has 0 unspecified atom stereocenters. The fraction of sp³-hybridized carbons (Fsp3) is 0.500. The highest BCUT2D eigenvalue weighted by Crippen LogP contribution is 2.31. The molecule has 0 amide bonds. The van der Waals surface area contributed by atoms with Crippen LogP contribution in [0.5, 0.6) is 0 Å². The molecule has 0 radical (unpaired) electrons. The average Bonchev–Trinajstić information content (AvgIpc) is 2.65. The fourth-order valence-corrected chi connectivity index (χ4v) is 2.73. The molecule has 0 saturated carbocycles. The van der Waals surface area contributed by atoms with Crippen LogP contribution in [0, 0.1) is 13.8 Å². The van der Waals surface area contributed by atoms with E-state index in [0.29, 0.717) is 5.92 Å². The molecule has 2 heteroatoms. The van der Waals surface area contributed by atoms with Crippen LogP contribution in [0.3, 0.4) is 0 Å². The number of benzene rings is 1. The Labute approximate surface area is 110 Å². The maximum Gasteiger partial charge on any atom is 0.0488 e. The van der Waals surface area contributed by atoms with Crippen molar-refractivity contribution in [3.63, 3.8) is 0 Å². The lowest BCUT2D eigenvalue weighted by atomic mass is 9.98. The highest BCUT2D eigenvalue weighted by molar-refractivity contribution is 5.88. The molecule has 0 spiro atoms. The van der Waals surface area contributed by atoms with Crippen LogP contribution in [0.1, 0.15) is 42.9 Å². The van der Waals surface area contributed by atoms with Crippen molar-refractivity contribution in [2.75, 3.05) is 6.54 Å². The molecule has 0 bridgehead atoms. The van der Waals surface area contributed by atoms with Gasteiger partial charge < -0.3 is 10.3 Å². The molecule has 2 aromatic rings. The third-order valence-electron chi connectivity index (χ3n) is 3.58. The molecule has 2 rings (SSSR count). The summed E-state index contributed by atoms with van der Waals surface area (Å²) in [4.78, 5) is 0. The third-order valence-corrected chi connectivity index (χ3v) is 3.58. The Morgan fingerprint density at radius 2 is 1.94 bits per heavy atom. The van der Waals surface area contributed by atoms with Crippen molar-refractivity contribution >= 4 is 10.9 Å². The van der Waals surface area contributed by atoms with Gasteiger partial charge in [-0.3, -0.25) is 0 Å². The number of aromatic nitrogens is 1. The molecule has 18 heavy (non-hydrogen) atoms. The quantitative estimate of drug-likeness (QED) is 0.873. The van der Waals surface area contributed by atoms with Crippen molar-refractivity contribution in [2.45, 2.75) is 46.6 Å². The molecule has 1 aromatic heterocycles. The first kappa shape index (κ1) is 13.2. The summed E-state index contributed by atoms with van der Waals surface area (Å²) in [6.07, 6.45) is 3.35. The molecule has 0 aliphatic rings. The number of rotatable bonds is 4. The van der Waals surface area contributed by atoms with Gasteiger partial charge in [0.25, 0.3) is 0 Å². The van der Waals surface area contributed by atoms with Crippen LogP contribution in [-0.4, -0.2) is 11.1 Å². The lowest BCUT2D eigenvalue weighted by Crippen LogP contribution is -2.04. The van der Waals surface area contributed by atoms with Crippen LogP contribution in [0.25, 0.3) is 10.9 Å². The Balaban J connectivity index is 2.64. The normalized spacial score (nSPS) is 11.7. The predicted molar refractivity (Wildman–Crippen MR) is 79.2 cm³/mol. The van der Waals surface area contributed by atoms with Gasteiger partial charge in [-0.25, -0.2) is 0 Å². The highest BCUT2D eigenvalue weighted by atomic mass is 15.0. The van der Waals surface area contributed by atoms with Gasteiger partial charge in [-0.2, -0.15) is 0 Å². The molecule has 2 N–H and O–H groups in total. The number of aryl methyl sites for hydroxylation is 3. The van der Waals surface area contributed by atoms with Crippen molar-refractivity contribution in [1.82, 2.24) is 4.57 Å². The van der Waals surface area contributed by atoms with E-state index in [0.717, 1.165) is 19.5 Å². The summed E-state index contributed by atoms with van der Waals surface area (Å²) in [7, 11) is 0. The first-order chi connectivity index (χ1) is 8.54. The molecule has 0 aliphatic carbocycles. The van der Waals surface area contributed by atoms with E-state index in [2.05, 4.69) is 50.6 Å². The van der Waals surface area contributed by atoms with Crippen LogP contribution in [-0.2, 0) is 6.54 Å². The standard InChI is InChI=1S/C16H24N2/c1-11(2)14-10-18(7-5-6-17)15-9-12(3)8-13(4)16(14)15/h8-11H,5-7,17H2,1-4H3. The van der Waals surface area contributed by atoms with Crippen molar-refractivity contribution in [3.05, 3.63) is 35.0 Å². The molecule has 0 saturated heterocycles. The van der Waals surface area contributed by atoms with Gasteiger partial charge in [0, 0.05) is 23.6 Å². The molecule has 2 nitrogen and oxygen atoms in total. The summed E-state index contributed by atoms with van der Waals surface area (Å²) in [6.45, 7) is 10.7. The van der Waals surface area contributed by atoms with E-state index in [1.807, 2.05) is 0 Å². The smallest absolute Gasteiger partial charge is 0.0488 e. The van der Waals surface area contributed by atoms with Gasteiger partial charge in [-0.05, 0) is 55.5 Å². The number of nitrogens with two attached hydrogens (primary N) is 1. The second-order valence-corrected chi connectivity index (χ2v) is 5.55. The summed E-state index contributed by atoms with van der Waals surface area (Å²) in [6, 6.07) is 4.58. The topological polar surface area (TPSA) is 30.9 Å². The van der Waals surface area contributed by atoms with E-state index in [9.17, 15) is 0 Å². The Hall–Kier alpha value is -1.28. The van der Waals surface area contributed by atoms with Gasteiger partial charge >= 0.3 is 0 Å². The minimum Gasteiger partial charge on any atom is -0.347 e. The zero-order valence-electron chi connectivity index (χ0n) is 12.0. The second-order valence-electron chi connectivity index (χ2n) is 5.55. The average molecular weight is 244 g/mol. The molecular weight excluding hydrogens is 220 g/mol. The summed E-state index contributed by atoms with van der Waals surface area (Å²) in [5, 5.41) is 1.44. The van der Waals surface area contributed by atoms with E-state index in [4.69, 9.17) is 5.73 Å². The number of fused-ring (bicyclic) bond motifs is 1. The van der Waals surface area contributed by atoms with Crippen molar-refractivity contribution in [3.8, 4) is 0 Å². The monoisotopic (exact) mass is 244 g/mol. The second kappa shape index (κ2) is 5.15. The Morgan fingerprint density at radius 1 is 1.22 bits per heavy atom. The summed E-state index contributed by atoms with van der Waals surface area (Å²) >= 11 is 0. The molecular formula is C16H24N2. The van der Waals surface area contributed by atoms with Gasteiger partial charge in [0.15, 0.2) is 0 Å². The summed E-state index contributed by atoms with van der Waals surface area (Å²) in [5.74, 6) is 0.563. The Kier molecular flexibility index (Phi) is 3.76. The maximum atomic E-state index is 5.63. The SMILES string of the molecule is Cc1cc(C)c2c(C(C)C)cn(CCCN)c2c1. The van der Waals surface area contributed by atoms with E-state index < -0.39 is 0 Å². The molecule has 0 fully saturated rings. The molecule has 0 atom stereocenters. The van der Waals surface area contributed by atoms with E-state index >= 15 is 0 Å².